The van der Waals surface area contributed by atoms with Gasteiger partial charge in [-0.3, -0.25) is 4.68 Å². The van der Waals surface area contributed by atoms with Crippen molar-refractivity contribution in [1.82, 2.24) is 34.7 Å². The monoisotopic (exact) mass is 461 g/mol. The number of halogens is 1. The Hall–Kier alpha value is -3.64. The SMILES string of the molecule is COc1nn(C)cc1Nc1nc(N2C[C@@H](F)[C@H](NC(=O)OC(C)(C)C)C2)nn2c(C)cnc12. The fourth-order valence-corrected chi connectivity index (χ4v) is 3.55. The molecule has 1 saturated heterocycles. The zero-order valence-corrected chi connectivity index (χ0v) is 19.5. The van der Waals surface area contributed by atoms with E-state index in [1.807, 2.05) is 6.92 Å². The van der Waals surface area contributed by atoms with E-state index in [4.69, 9.17) is 9.47 Å². The summed E-state index contributed by atoms with van der Waals surface area (Å²) in [5.41, 5.74) is 1.21. The minimum atomic E-state index is -1.31. The van der Waals surface area contributed by atoms with Gasteiger partial charge in [-0.2, -0.15) is 4.98 Å². The lowest BCUT2D eigenvalue weighted by molar-refractivity contribution is 0.0490. The number of methoxy groups -OCH3 is 1. The summed E-state index contributed by atoms with van der Waals surface area (Å²) < 4.78 is 28.6. The molecule has 0 saturated carbocycles. The number of hydrogen-bond donors (Lipinski definition) is 2. The van der Waals surface area contributed by atoms with Crippen LogP contribution in [-0.2, 0) is 11.8 Å². The van der Waals surface area contributed by atoms with Gasteiger partial charge in [0.2, 0.25) is 5.95 Å². The Labute approximate surface area is 190 Å². The molecule has 1 aliphatic heterocycles. The number of anilines is 3. The number of rotatable bonds is 5. The standard InChI is InChI=1S/C20H28FN9O3/c1-11-7-22-16-15(23-14-9-28(5)26-17(14)32-6)25-18(27-30(11)16)29-8-12(21)13(10-29)24-19(31)33-20(2,3)4/h7,9,12-13H,8,10H2,1-6H3,(H,24,31)(H,23,25,27)/t12-,13-/m1/s1. The number of alkyl halides is 1. The van der Waals surface area contributed by atoms with Crippen LogP contribution in [0.2, 0.25) is 0 Å². The van der Waals surface area contributed by atoms with Crippen molar-refractivity contribution in [3.63, 3.8) is 0 Å². The van der Waals surface area contributed by atoms with Gasteiger partial charge >= 0.3 is 6.09 Å². The molecule has 33 heavy (non-hydrogen) atoms. The number of imidazole rings is 1. The van der Waals surface area contributed by atoms with Gasteiger partial charge in [-0.1, -0.05) is 0 Å². The number of alkyl carbamates (subject to hydrolysis) is 1. The van der Waals surface area contributed by atoms with Gasteiger partial charge in [0.15, 0.2) is 11.5 Å². The van der Waals surface area contributed by atoms with Crippen molar-refractivity contribution in [2.45, 2.75) is 45.5 Å². The summed E-state index contributed by atoms with van der Waals surface area (Å²) in [6.45, 7) is 7.33. The number of carbonyl (C=O) groups excluding carboxylic acids is 1. The van der Waals surface area contributed by atoms with E-state index in [1.54, 1.807) is 54.3 Å². The molecule has 0 aliphatic carbocycles. The molecule has 1 aliphatic rings. The zero-order chi connectivity index (χ0) is 23.9. The highest BCUT2D eigenvalue weighted by Gasteiger charge is 2.37. The lowest BCUT2D eigenvalue weighted by atomic mass is 10.2. The molecule has 0 bridgehead atoms. The van der Waals surface area contributed by atoms with Crippen LogP contribution in [0.15, 0.2) is 12.4 Å². The van der Waals surface area contributed by atoms with Gasteiger partial charge in [0.05, 0.1) is 37.8 Å². The quantitative estimate of drug-likeness (QED) is 0.587. The molecule has 0 aromatic carbocycles. The van der Waals surface area contributed by atoms with E-state index >= 15 is 0 Å². The summed E-state index contributed by atoms with van der Waals surface area (Å²) >= 11 is 0. The predicted octanol–water partition coefficient (Wildman–Crippen LogP) is 1.97. The predicted molar refractivity (Wildman–Crippen MR) is 119 cm³/mol. The molecular formula is C20H28FN9O3. The Morgan fingerprint density at radius 2 is 2.03 bits per heavy atom. The molecule has 13 heteroatoms. The van der Waals surface area contributed by atoms with Crippen molar-refractivity contribution >= 4 is 29.2 Å². The summed E-state index contributed by atoms with van der Waals surface area (Å²) in [6, 6.07) is -0.752. The van der Waals surface area contributed by atoms with Crippen molar-refractivity contribution in [3.8, 4) is 5.88 Å². The molecule has 1 fully saturated rings. The molecule has 0 unspecified atom stereocenters. The first-order chi connectivity index (χ1) is 15.5. The van der Waals surface area contributed by atoms with Gasteiger partial charge in [0.1, 0.15) is 17.5 Å². The fourth-order valence-electron chi connectivity index (χ4n) is 3.55. The van der Waals surface area contributed by atoms with Crippen LogP contribution in [0.5, 0.6) is 5.88 Å². The molecule has 2 N–H and O–H groups in total. The first-order valence-corrected chi connectivity index (χ1v) is 10.5. The van der Waals surface area contributed by atoms with Crippen LogP contribution >= 0.6 is 0 Å². The van der Waals surface area contributed by atoms with E-state index in [1.165, 1.54) is 7.11 Å². The van der Waals surface area contributed by atoms with Gasteiger partial charge < -0.3 is 25.0 Å². The van der Waals surface area contributed by atoms with Crippen molar-refractivity contribution in [1.29, 1.82) is 0 Å². The largest absolute Gasteiger partial charge is 0.478 e. The third-order valence-corrected chi connectivity index (χ3v) is 5.00. The smallest absolute Gasteiger partial charge is 0.408 e. The van der Waals surface area contributed by atoms with Crippen molar-refractivity contribution in [3.05, 3.63) is 18.1 Å². The van der Waals surface area contributed by atoms with Crippen LogP contribution in [0.4, 0.5) is 26.6 Å². The number of fused-ring (bicyclic) bond motifs is 1. The molecular weight excluding hydrogens is 433 g/mol. The molecule has 3 aromatic heterocycles. The summed E-state index contributed by atoms with van der Waals surface area (Å²) in [6.07, 6.45) is 1.45. The van der Waals surface area contributed by atoms with E-state index in [0.717, 1.165) is 5.69 Å². The molecule has 178 valence electrons. The second kappa shape index (κ2) is 8.37. The highest BCUT2D eigenvalue weighted by atomic mass is 19.1. The van der Waals surface area contributed by atoms with Gasteiger partial charge in [-0.05, 0) is 27.7 Å². The van der Waals surface area contributed by atoms with Crippen LogP contribution in [0.3, 0.4) is 0 Å². The maximum atomic E-state index is 14.8. The third-order valence-electron chi connectivity index (χ3n) is 5.00. The zero-order valence-electron chi connectivity index (χ0n) is 19.5. The molecule has 4 heterocycles. The Kier molecular flexibility index (Phi) is 5.72. The second-order valence-corrected chi connectivity index (χ2v) is 8.92. The van der Waals surface area contributed by atoms with Crippen LogP contribution in [0.1, 0.15) is 26.5 Å². The molecule has 0 radical (unpaired) electrons. The minimum Gasteiger partial charge on any atom is -0.478 e. The normalized spacial score (nSPS) is 18.6. The van der Waals surface area contributed by atoms with Crippen molar-refractivity contribution < 1.29 is 18.7 Å². The number of aromatic nitrogens is 6. The van der Waals surface area contributed by atoms with Crippen LogP contribution in [-0.4, -0.2) is 73.5 Å². The number of amides is 1. The number of aryl methyl sites for hydroxylation is 2. The van der Waals surface area contributed by atoms with Gasteiger partial charge in [0.25, 0.3) is 5.88 Å². The average molecular weight is 462 g/mol. The summed E-state index contributed by atoms with van der Waals surface area (Å²) in [4.78, 5) is 22.8. The first-order valence-electron chi connectivity index (χ1n) is 10.5. The van der Waals surface area contributed by atoms with E-state index in [9.17, 15) is 9.18 Å². The number of nitrogens with one attached hydrogen (secondary N) is 2. The summed E-state index contributed by atoms with van der Waals surface area (Å²) in [5.74, 6) is 1.11. The highest BCUT2D eigenvalue weighted by Crippen LogP contribution is 2.29. The first kappa shape index (κ1) is 22.6. The van der Waals surface area contributed by atoms with Crippen LogP contribution < -0.4 is 20.3 Å². The lowest BCUT2D eigenvalue weighted by Gasteiger charge is -2.22. The van der Waals surface area contributed by atoms with E-state index in [-0.39, 0.29) is 13.1 Å². The van der Waals surface area contributed by atoms with Crippen molar-refractivity contribution in [2.75, 3.05) is 30.4 Å². The number of ether oxygens (including phenoxy) is 2. The number of nitrogens with zero attached hydrogens (tertiary/aromatic N) is 7. The Morgan fingerprint density at radius 1 is 1.27 bits per heavy atom. The van der Waals surface area contributed by atoms with Crippen molar-refractivity contribution in [2.24, 2.45) is 7.05 Å². The topological polar surface area (TPSA) is 124 Å². The maximum Gasteiger partial charge on any atom is 0.408 e. The molecule has 2 atom stereocenters. The Balaban J connectivity index is 1.60. The lowest BCUT2D eigenvalue weighted by Crippen LogP contribution is -2.44. The van der Waals surface area contributed by atoms with Crippen LogP contribution in [0.25, 0.3) is 5.65 Å². The highest BCUT2D eigenvalue weighted by molar-refractivity contribution is 5.73. The van der Waals surface area contributed by atoms with E-state index in [0.29, 0.717) is 29.0 Å². The average Bonchev–Trinajstić information content (AvgIpc) is 3.38. The van der Waals surface area contributed by atoms with E-state index < -0.39 is 23.9 Å². The Morgan fingerprint density at radius 3 is 2.73 bits per heavy atom. The van der Waals surface area contributed by atoms with Gasteiger partial charge in [0, 0.05) is 13.6 Å². The minimum absolute atomic E-state index is 0.0232. The van der Waals surface area contributed by atoms with Crippen LogP contribution in [0, 0.1) is 6.92 Å². The molecule has 12 nitrogen and oxygen atoms in total. The fraction of sp³-hybridized carbons (Fsp3) is 0.550. The van der Waals surface area contributed by atoms with Gasteiger partial charge in [-0.25, -0.2) is 18.7 Å². The molecule has 4 rings (SSSR count). The summed E-state index contributed by atoms with van der Waals surface area (Å²) in [5, 5.41) is 14.6. The third kappa shape index (κ3) is 4.76. The second-order valence-electron chi connectivity index (χ2n) is 8.92. The maximum absolute atomic E-state index is 14.8. The molecule has 1 amide bonds. The number of hydrogen-bond acceptors (Lipinski definition) is 9. The number of carbonyl (C=O) groups is 1. The van der Waals surface area contributed by atoms with Gasteiger partial charge in [-0.15, -0.1) is 10.2 Å². The molecule has 3 aromatic rings. The van der Waals surface area contributed by atoms with E-state index in [2.05, 4.69) is 30.8 Å². The Bertz CT molecular complexity index is 1170. The summed E-state index contributed by atoms with van der Waals surface area (Å²) in [7, 11) is 3.30. The molecule has 0 spiro atoms.